The zero-order valence-corrected chi connectivity index (χ0v) is 13.8. The molecule has 2 rings (SSSR count). The summed E-state index contributed by atoms with van der Waals surface area (Å²) in [7, 11) is -1.68. The molecule has 25 heavy (non-hydrogen) atoms. The summed E-state index contributed by atoms with van der Waals surface area (Å²) >= 11 is 0. The summed E-state index contributed by atoms with van der Waals surface area (Å²) in [5.41, 5.74) is 1.96. The van der Waals surface area contributed by atoms with E-state index in [-0.39, 0.29) is 24.6 Å². The summed E-state index contributed by atoms with van der Waals surface area (Å²) in [4.78, 5) is 4.22. The normalized spacial score (nSPS) is 10.9. The Morgan fingerprint density at radius 1 is 1.08 bits per heavy atom. The van der Waals surface area contributed by atoms with E-state index in [1.54, 1.807) is 24.3 Å². The molecule has 5 nitrogen and oxygen atoms in total. The fourth-order valence-corrected chi connectivity index (χ4v) is 2.04. The summed E-state index contributed by atoms with van der Waals surface area (Å²) in [6.07, 6.45) is 5.10. The lowest BCUT2D eigenvalue weighted by molar-refractivity contribution is 0.282. The van der Waals surface area contributed by atoms with Crippen LogP contribution in [-0.4, -0.2) is 28.8 Å². The average molecular weight is 337 g/mol. The van der Waals surface area contributed by atoms with Crippen molar-refractivity contribution in [2.75, 3.05) is 6.61 Å². The largest absolute Gasteiger partial charge is 0.494 e. The summed E-state index contributed by atoms with van der Waals surface area (Å²) in [6.45, 7) is 7.85. The fraction of sp³-hybridized carbons (Fsp3) is 0.105. The van der Waals surface area contributed by atoms with Gasteiger partial charge in [-0.1, -0.05) is 67.8 Å². The van der Waals surface area contributed by atoms with Crippen LogP contribution in [0.2, 0.25) is 0 Å². The maximum absolute atomic E-state index is 9.48. The van der Waals surface area contributed by atoms with Gasteiger partial charge in [-0.05, 0) is 11.1 Å². The van der Waals surface area contributed by atoms with Gasteiger partial charge in [0.25, 0.3) is 0 Å². The van der Waals surface area contributed by atoms with E-state index in [2.05, 4.69) is 18.1 Å². The smallest absolute Gasteiger partial charge is 0.473 e. The van der Waals surface area contributed by atoms with Gasteiger partial charge in [0.1, 0.15) is 13.2 Å². The van der Waals surface area contributed by atoms with Crippen molar-refractivity contribution in [2.45, 2.75) is 6.61 Å². The molecule has 128 valence electrons. The third-order valence-corrected chi connectivity index (χ3v) is 3.34. The number of aromatic nitrogens is 1. The summed E-state index contributed by atoms with van der Waals surface area (Å²) in [6, 6.07) is 12.6. The molecule has 0 amide bonds. The SMILES string of the molecule is C=C/C=C(\C=C)COc1ccc(B(O)O)c(OCc2ccccc2)n1. The molecule has 6 heteroatoms. The molecule has 0 spiro atoms. The lowest BCUT2D eigenvalue weighted by atomic mass is 9.81. The second-order valence-corrected chi connectivity index (χ2v) is 5.16. The summed E-state index contributed by atoms with van der Waals surface area (Å²) in [5, 5.41) is 19.0. The molecule has 0 saturated heterocycles. The Balaban J connectivity index is 2.13. The first-order valence-electron chi connectivity index (χ1n) is 7.74. The van der Waals surface area contributed by atoms with Crippen LogP contribution in [-0.2, 0) is 6.61 Å². The molecule has 0 saturated carbocycles. The third kappa shape index (κ3) is 5.63. The minimum absolute atomic E-state index is 0.115. The van der Waals surface area contributed by atoms with Crippen molar-refractivity contribution in [1.29, 1.82) is 0 Å². The Labute approximate surface area is 147 Å². The zero-order chi connectivity index (χ0) is 18.1. The van der Waals surface area contributed by atoms with E-state index in [1.165, 1.54) is 6.07 Å². The monoisotopic (exact) mass is 337 g/mol. The van der Waals surface area contributed by atoms with Crippen LogP contribution in [0.15, 0.2) is 79.4 Å². The highest BCUT2D eigenvalue weighted by molar-refractivity contribution is 6.59. The summed E-state index contributed by atoms with van der Waals surface area (Å²) in [5.74, 6) is 0.425. The van der Waals surface area contributed by atoms with Gasteiger partial charge in [0.15, 0.2) is 0 Å². The van der Waals surface area contributed by atoms with Crippen LogP contribution in [0.25, 0.3) is 0 Å². The van der Waals surface area contributed by atoms with Crippen LogP contribution in [0.3, 0.4) is 0 Å². The van der Waals surface area contributed by atoms with E-state index in [1.807, 2.05) is 30.3 Å². The van der Waals surface area contributed by atoms with E-state index in [9.17, 15) is 10.0 Å². The molecule has 0 aliphatic heterocycles. The van der Waals surface area contributed by atoms with Gasteiger partial charge in [-0.3, -0.25) is 0 Å². The van der Waals surface area contributed by atoms with Crippen molar-refractivity contribution >= 4 is 12.6 Å². The first kappa shape index (κ1) is 18.5. The van der Waals surface area contributed by atoms with Crippen LogP contribution in [0.5, 0.6) is 11.8 Å². The van der Waals surface area contributed by atoms with Crippen LogP contribution in [0, 0.1) is 0 Å². The first-order chi connectivity index (χ1) is 12.1. The molecule has 0 unspecified atom stereocenters. The molecule has 1 aromatic carbocycles. The Morgan fingerprint density at radius 3 is 2.48 bits per heavy atom. The van der Waals surface area contributed by atoms with Crippen molar-refractivity contribution < 1.29 is 19.5 Å². The quantitative estimate of drug-likeness (QED) is 0.541. The highest BCUT2D eigenvalue weighted by Crippen LogP contribution is 2.15. The molecule has 2 aromatic rings. The summed E-state index contributed by atoms with van der Waals surface area (Å²) < 4.78 is 11.2. The topological polar surface area (TPSA) is 71.8 Å². The van der Waals surface area contributed by atoms with Gasteiger partial charge in [-0.2, -0.15) is 4.98 Å². The van der Waals surface area contributed by atoms with Crippen LogP contribution < -0.4 is 14.9 Å². The molecule has 0 atom stereocenters. The van der Waals surface area contributed by atoms with Crippen LogP contribution in [0.4, 0.5) is 0 Å². The number of nitrogens with zero attached hydrogens (tertiary/aromatic N) is 1. The Hall–Kier alpha value is -2.83. The third-order valence-electron chi connectivity index (χ3n) is 3.34. The molecule has 0 bridgehead atoms. The molecule has 0 aliphatic carbocycles. The first-order valence-corrected chi connectivity index (χ1v) is 7.74. The standard InChI is InChI=1S/C19H20BNO4/c1-3-8-15(4-2)13-24-18-12-11-17(20(22)23)19(21-18)25-14-16-9-6-5-7-10-16/h3-12,22-23H,1-2,13-14H2/b15-8+. The molecule has 2 N–H and O–H groups in total. The van der Waals surface area contributed by atoms with Crippen molar-refractivity contribution in [2.24, 2.45) is 0 Å². The number of rotatable bonds is 9. The Bertz CT molecular complexity index is 744. The van der Waals surface area contributed by atoms with Gasteiger partial charge < -0.3 is 19.5 Å². The highest BCUT2D eigenvalue weighted by atomic mass is 16.5. The Kier molecular flexibility index (Phi) is 7.01. The maximum atomic E-state index is 9.48. The minimum atomic E-state index is -1.68. The van der Waals surface area contributed by atoms with Gasteiger partial charge in [0.05, 0.1) is 0 Å². The zero-order valence-electron chi connectivity index (χ0n) is 13.8. The van der Waals surface area contributed by atoms with E-state index in [0.717, 1.165) is 11.1 Å². The van der Waals surface area contributed by atoms with Gasteiger partial charge in [0, 0.05) is 11.5 Å². The molecule has 1 aromatic heterocycles. The van der Waals surface area contributed by atoms with E-state index in [4.69, 9.17) is 9.47 Å². The van der Waals surface area contributed by atoms with Gasteiger partial charge in [-0.25, -0.2) is 0 Å². The molecule has 0 radical (unpaired) electrons. The van der Waals surface area contributed by atoms with E-state index in [0.29, 0.717) is 5.88 Å². The highest BCUT2D eigenvalue weighted by Gasteiger charge is 2.19. The van der Waals surface area contributed by atoms with Gasteiger partial charge in [-0.15, -0.1) is 0 Å². The number of hydrogen-bond acceptors (Lipinski definition) is 5. The fourth-order valence-electron chi connectivity index (χ4n) is 2.04. The van der Waals surface area contributed by atoms with E-state index < -0.39 is 7.12 Å². The van der Waals surface area contributed by atoms with Gasteiger partial charge in [0.2, 0.25) is 11.8 Å². The number of hydrogen-bond donors (Lipinski definition) is 2. The molecular formula is C19H20BNO4. The predicted molar refractivity (Wildman–Crippen MR) is 98.8 cm³/mol. The van der Waals surface area contributed by atoms with E-state index >= 15 is 0 Å². The van der Waals surface area contributed by atoms with Gasteiger partial charge >= 0.3 is 7.12 Å². The number of benzene rings is 1. The van der Waals surface area contributed by atoms with Crippen molar-refractivity contribution in [3.05, 3.63) is 85.0 Å². The van der Waals surface area contributed by atoms with Crippen molar-refractivity contribution in [3.8, 4) is 11.8 Å². The number of ether oxygens (including phenoxy) is 2. The van der Waals surface area contributed by atoms with Crippen LogP contribution >= 0.6 is 0 Å². The number of pyridine rings is 1. The maximum Gasteiger partial charge on any atom is 0.494 e. The second kappa shape index (κ2) is 9.47. The predicted octanol–water partition coefficient (Wildman–Crippen LogP) is 2.02. The second-order valence-electron chi connectivity index (χ2n) is 5.16. The van der Waals surface area contributed by atoms with Crippen molar-refractivity contribution in [1.82, 2.24) is 4.98 Å². The van der Waals surface area contributed by atoms with Crippen molar-refractivity contribution in [3.63, 3.8) is 0 Å². The lowest BCUT2D eigenvalue weighted by Gasteiger charge is -2.12. The molecule has 0 fully saturated rings. The van der Waals surface area contributed by atoms with Crippen LogP contribution in [0.1, 0.15) is 5.56 Å². The molecular weight excluding hydrogens is 317 g/mol. The number of allylic oxidation sites excluding steroid dienone is 2. The average Bonchev–Trinajstić information content (AvgIpc) is 2.64. The lowest BCUT2D eigenvalue weighted by Crippen LogP contribution is -2.32. The molecule has 1 heterocycles. The minimum Gasteiger partial charge on any atom is -0.473 e. The molecule has 0 aliphatic rings. The Morgan fingerprint density at radius 2 is 1.84 bits per heavy atom.